The molecule has 0 aromatic heterocycles. The second-order valence-corrected chi connectivity index (χ2v) is 6.62. The Morgan fingerprint density at radius 2 is 1.70 bits per heavy atom. The number of benzene rings is 2. The molecule has 0 unspecified atom stereocenters. The van der Waals surface area contributed by atoms with Crippen LogP contribution in [0.1, 0.15) is 13.8 Å². The number of piperazine rings is 1. The van der Waals surface area contributed by atoms with E-state index in [1.165, 1.54) is 12.1 Å². The van der Waals surface area contributed by atoms with Gasteiger partial charge in [-0.3, -0.25) is 9.69 Å². The number of carbonyl (C=O) groups is 1. The van der Waals surface area contributed by atoms with Gasteiger partial charge >= 0.3 is 0 Å². The number of hydrogen-bond donors (Lipinski definition) is 1. The minimum atomic E-state index is -0.225. The smallest absolute Gasteiger partial charge is 0.241 e. The average molecular weight is 371 g/mol. The number of anilines is 2. The summed E-state index contributed by atoms with van der Waals surface area (Å²) in [5.41, 5.74) is 1.78. The fourth-order valence-corrected chi connectivity index (χ4v) is 3.23. The van der Waals surface area contributed by atoms with Crippen molar-refractivity contribution in [3.05, 3.63) is 54.3 Å². The van der Waals surface area contributed by atoms with Crippen LogP contribution in [0.15, 0.2) is 48.5 Å². The van der Waals surface area contributed by atoms with Crippen molar-refractivity contribution in [2.24, 2.45) is 0 Å². The molecule has 6 heteroatoms. The molecule has 1 saturated heterocycles. The minimum absolute atomic E-state index is 0.0191. The summed E-state index contributed by atoms with van der Waals surface area (Å²) in [7, 11) is 0. The molecule has 2 aromatic carbocycles. The zero-order chi connectivity index (χ0) is 19.2. The summed E-state index contributed by atoms with van der Waals surface area (Å²) in [5.74, 6) is 0.548. The first-order valence-electron chi connectivity index (χ1n) is 9.35. The van der Waals surface area contributed by atoms with Gasteiger partial charge in [-0.1, -0.05) is 0 Å². The van der Waals surface area contributed by atoms with Crippen molar-refractivity contribution in [1.82, 2.24) is 4.90 Å². The van der Waals surface area contributed by atoms with Crippen LogP contribution in [0.2, 0.25) is 0 Å². The monoisotopic (exact) mass is 371 g/mol. The van der Waals surface area contributed by atoms with Gasteiger partial charge in [0.1, 0.15) is 11.6 Å². The predicted octanol–water partition coefficient (Wildman–Crippen LogP) is 3.37. The van der Waals surface area contributed by atoms with Gasteiger partial charge in [-0.15, -0.1) is 0 Å². The number of carbonyl (C=O) groups excluding carboxylic acids is 1. The van der Waals surface area contributed by atoms with Crippen molar-refractivity contribution in [2.45, 2.75) is 19.9 Å². The van der Waals surface area contributed by atoms with Gasteiger partial charge in [0.25, 0.3) is 0 Å². The SMILES string of the molecule is CCOc1ccc(NC(=O)[C@@H](C)N2CCN(c3ccc(F)cc3)CC2)cc1. The molecule has 1 fully saturated rings. The lowest BCUT2D eigenvalue weighted by atomic mass is 10.2. The van der Waals surface area contributed by atoms with Gasteiger partial charge in [-0.05, 0) is 62.4 Å². The van der Waals surface area contributed by atoms with Crippen LogP contribution in [0.25, 0.3) is 0 Å². The predicted molar refractivity (Wildman–Crippen MR) is 106 cm³/mol. The first kappa shape index (κ1) is 19.2. The van der Waals surface area contributed by atoms with Crippen LogP contribution in [-0.2, 0) is 4.79 Å². The molecule has 5 nitrogen and oxygen atoms in total. The van der Waals surface area contributed by atoms with E-state index >= 15 is 0 Å². The lowest BCUT2D eigenvalue weighted by Gasteiger charge is -2.38. The molecule has 27 heavy (non-hydrogen) atoms. The van der Waals surface area contributed by atoms with Gasteiger partial charge in [0.15, 0.2) is 0 Å². The highest BCUT2D eigenvalue weighted by molar-refractivity contribution is 5.94. The van der Waals surface area contributed by atoms with Crippen LogP contribution in [0, 0.1) is 5.82 Å². The van der Waals surface area contributed by atoms with E-state index in [0.29, 0.717) is 6.61 Å². The van der Waals surface area contributed by atoms with Crippen LogP contribution < -0.4 is 15.0 Å². The topological polar surface area (TPSA) is 44.8 Å². The van der Waals surface area contributed by atoms with E-state index in [4.69, 9.17) is 4.74 Å². The molecule has 1 aliphatic heterocycles. The third-order valence-corrected chi connectivity index (χ3v) is 4.87. The van der Waals surface area contributed by atoms with Crippen molar-refractivity contribution in [1.29, 1.82) is 0 Å². The molecule has 0 saturated carbocycles. The fourth-order valence-electron chi connectivity index (χ4n) is 3.23. The van der Waals surface area contributed by atoms with Crippen molar-refractivity contribution >= 4 is 17.3 Å². The van der Waals surface area contributed by atoms with Crippen LogP contribution in [0.5, 0.6) is 5.75 Å². The second kappa shape index (κ2) is 8.86. The molecule has 0 bridgehead atoms. The first-order valence-corrected chi connectivity index (χ1v) is 9.35. The summed E-state index contributed by atoms with van der Waals surface area (Å²) in [6.07, 6.45) is 0. The molecular formula is C21H26FN3O2. The van der Waals surface area contributed by atoms with Crippen molar-refractivity contribution < 1.29 is 13.9 Å². The molecule has 1 heterocycles. The lowest BCUT2D eigenvalue weighted by Crippen LogP contribution is -2.52. The number of hydrogen-bond acceptors (Lipinski definition) is 4. The van der Waals surface area contributed by atoms with Gasteiger partial charge < -0.3 is 15.0 Å². The summed E-state index contributed by atoms with van der Waals surface area (Å²) in [5, 5.41) is 2.97. The number of amides is 1. The van der Waals surface area contributed by atoms with Crippen molar-refractivity contribution in [3.63, 3.8) is 0 Å². The Hall–Kier alpha value is -2.60. The highest BCUT2D eigenvalue weighted by atomic mass is 19.1. The largest absolute Gasteiger partial charge is 0.494 e. The van der Waals surface area contributed by atoms with Gasteiger partial charge in [0, 0.05) is 37.6 Å². The molecule has 1 N–H and O–H groups in total. The van der Waals surface area contributed by atoms with E-state index in [1.807, 2.05) is 38.1 Å². The number of nitrogens with zero attached hydrogens (tertiary/aromatic N) is 2. The number of halogens is 1. The third-order valence-electron chi connectivity index (χ3n) is 4.87. The maximum Gasteiger partial charge on any atom is 0.241 e. The maximum atomic E-state index is 13.1. The van der Waals surface area contributed by atoms with Crippen LogP contribution in [0.3, 0.4) is 0 Å². The lowest BCUT2D eigenvalue weighted by molar-refractivity contribution is -0.120. The highest BCUT2D eigenvalue weighted by Gasteiger charge is 2.25. The second-order valence-electron chi connectivity index (χ2n) is 6.62. The average Bonchev–Trinajstić information content (AvgIpc) is 2.70. The van der Waals surface area contributed by atoms with E-state index in [1.54, 1.807) is 12.1 Å². The third kappa shape index (κ3) is 4.98. The van der Waals surface area contributed by atoms with E-state index in [-0.39, 0.29) is 17.8 Å². The first-order chi connectivity index (χ1) is 13.1. The Balaban J connectivity index is 1.51. The van der Waals surface area contributed by atoms with E-state index < -0.39 is 0 Å². The molecule has 1 aliphatic rings. The Bertz CT molecular complexity index is 741. The van der Waals surface area contributed by atoms with Gasteiger partial charge in [0.05, 0.1) is 12.6 Å². The molecule has 0 spiro atoms. The van der Waals surface area contributed by atoms with E-state index in [2.05, 4.69) is 15.1 Å². The van der Waals surface area contributed by atoms with Crippen LogP contribution in [-0.4, -0.2) is 49.6 Å². The van der Waals surface area contributed by atoms with Gasteiger partial charge in [0.2, 0.25) is 5.91 Å². The molecule has 1 atom stereocenters. The van der Waals surface area contributed by atoms with Crippen LogP contribution >= 0.6 is 0 Å². The standard InChI is InChI=1S/C21H26FN3O2/c1-3-27-20-10-6-18(7-11-20)23-21(26)16(2)24-12-14-25(15-13-24)19-8-4-17(22)5-9-19/h4-11,16H,3,12-15H2,1-2H3,(H,23,26)/t16-/m1/s1. The summed E-state index contributed by atoms with van der Waals surface area (Å²) in [6.45, 7) is 7.68. The zero-order valence-corrected chi connectivity index (χ0v) is 15.8. The number of ether oxygens (including phenoxy) is 1. The fraction of sp³-hybridized carbons (Fsp3) is 0.381. The summed E-state index contributed by atoms with van der Waals surface area (Å²) >= 11 is 0. The molecule has 1 amide bonds. The molecule has 144 valence electrons. The molecule has 2 aromatic rings. The maximum absolute atomic E-state index is 13.1. The van der Waals surface area contributed by atoms with Gasteiger partial charge in [-0.25, -0.2) is 4.39 Å². The molecule has 0 aliphatic carbocycles. The van der Waals surface area contributed by atoms with E-state index in [0.717, 1.165) is 43.3 Å². The Morgan fingerprint density at radius 3 is 2.30 bits per heavy atom. The van der Waals surface area contributed by atoms with Crippen molar-refractivity contribution in [2.75, 3.05) is 43.0 Å². The Morgan fingerprint density at radius 1 is 1.07 bits per heavy atom. The quantitative estimate of drug-likeness (QED) is 0.846. The molecular weight excluding hydrogens is 345 g/mol. The normalized spacial score (nSPS) is 16.0. The summed E-state index contributed by atoms with van der Waals surface area (Å²) < 4.78 is 18.5. The van der Waals surface area contributed by atoms with Gasteiger partial charge in [-0.2, -0.15) is 0 Å². The van der Waals surface area contributed by atoms with Crippen molar-refractivity contribution in [3.8, 4) is 5.75 Å². The molecule has 0 radical (unpaired) electrons. The molecule has 3 rings (SSSR count). The summed E-state index contributed by atoms with van der Waals surface area (Å²) in [4.78, 5) is 17.0. The number of rotatable bonds is 6. The van der Waals surface area contributed by atoms with E-state index in [9.17, 15) is 9.18 Å². The number of nitrogens with one attached hydrogen (secondary N) is 1. The zero-order valence-electron chi connectivity index (χ0n) is 15.8. The Labute approximate surface area is 159 Å². The summed E-state index contributed by atoms with van der Waals surface area (Å²) in [6, 6.07) is 13.7. The minimum Gasteiger partial charge on any atom is -0.494 e. The van der Waals surface area contributed by atoms with Crippen LogP contribution in [0.4, 0.5) is 15.8 Å². The highest BCUT2D eigenvalue weighted by Crippen LogP contribution is 2.19. The Kier molecular flexibility index (Phi) is 6.29.